The van der Waals surface area contributed by atoms with Crippen LogP contribution >= 0.6 is 11.8 Å². The number of ether oxygens (including phenoxy) is 3. The summed E-state index contributed by atoms with van der Waals surface area (Å²) in [5.74, 6) is 0.643. The molecule has 1 atom stereocenters. The van der Waals surface area contributed by atoms with Gasteiger partial charge in [-0.25, -0.2) is 4.99 Å². The lowest BCUT2D eigenvalue weighted by Crippen LogP contribution is -2.32. The molecule has 2 aromatic carbocycles. The number of amidine groups is 1. The molecule has 1 aliphatic heterocycles. The van der Waals surface area contributed by atoms with Crippen molar-refractivity contribution in [3.05, 3.63) is 59.8 Å². The summed E-state index contributed by atoms with van der Waals surface area (Å²) >= 11 is 1.16. The van der Waals surface area contributed by atoms with Gasteiger partial charge in [-0.2, -0.15) is 0 Å². The van der Waals surface area contributed by atoms with Crippen molar-refractivity contribution in [2.24, 2.45) is 4.99 Å². The number of esters is 1. The lowest BCUT2D eigenvalue weighted by molar-refractivity contribution is -0.139. The van der Waals surface area contributed by atoms with Gasteiger partial charge in [0.25, 0.3) is 5.91 Å². The maximum atomic E-state index is 13.2. The largest absolute Gasteiger partial charge is 0.497 e. The third-order valence-corrected chi connectivity index (χ3v) is 5.41. The predicted octanol–water partition coefficient (Wildman–Crippen LogP) is 3.74. The molecule has 0 N–H and O–H groups in total. The molecule has 2 aromatic rings. The summed E-state index contributed by atoms with van der Waals surface area (Å²) in [5, 5.41) is -0.138. The number of benzene rings is 2. The Kier molecular flexibility index (Phi) is 6.79. The minimum atomic E-state index is -0.532. The van der Waals surface area contributed by atoms with E-state index in [0.29, 0.717) is 16.6 Å². The maximum absolute atomic E-state index is 13.2. The molecule has 1 aliphatic rings. The number of rotatable bonds is 6. The Morgan fingerprint density at radius 2 is 1.77 bits per heavy atom. The van der Waals surface area contributed by atoms with Gasteiger partial charge in [-0.3, -0.25) is 14.5 Å². The van der Waals surface area contributed by atoms with E-state index >= 15 is 0 Å². The van der Waals surface area contributed by atoms with E-state index in [4.69, 9.17) is 14.2 Å². The Bertz CT molecular complexity index is 1000. The number of carbonyl (C=O) groups excluding carboxylic acids is 2. The van der Waals surface area contributed by atoms with Crippen LogP contribution in [0.5, 0.6) is 11.5 Å². The summed E-state index contributed by atoms with van der Waals surface area (Å²) < 4.78 is 15.3. The monoisotopic (exact) mass is 426 g/mol. The topological polar surface area (TPSA) is 77.4 Å². The number of anilines is 1. The zero-order valence-corrected chi connectivity index (χ0v) is 17.9. The van der Waals surface area contributed by atoms with Gasteiger partial charge in [0.05, 0.1) is 27.0 Å². The molecule has 0 aromatic heterocycles. The molecule has 0 bridgehead atoms. The van der Waals surface area contributed by atoms with Crippen LogP contribution in [0.2, 0.25) is 0 Å². The molecule has 0 saturated heterocycles. The molecule has 0 saturated carbocycles. The second kappa shape index (κ2) is 9.49. The molecule has 3 rings (SSSR count). The van der Waals surface area contributed by atoms with Gasteiger partial charge in [0, 0.05) is 6.07 Å². The van der Waals surface area contributed by atoms with Crippen LogP contribution < -0.4 is 14.4 Å². The van der Waals surface area contributed by atoms with E-state index in [0.717, 1.165) is 23.1 Å². The van der Waals surface area contributed by atoms with Crippen LogP contribution in [0.15, 0.2) is 59.2 Å². The van der Waals surface area contributed by atoms with E-state index < -0.39 is 11.2 Å². The summed E-state index contributed by atoms with van der Waals surface area (Å²) in [6.45, 7) is 1.71. The average Bonchev–Trinajstić information content (AvgIpc) is 3.08. The summed E-state index contributed by atoms with van der Waals surface area (Å²) in [4.78, 5) is 31.1. The summed E-state index contributed by atoms with van der Waals surface area (Å²) in [7, 11) is 4.48. The van der Waals surface area contributed by atoms with E-state index in [1.807, 2.05) is 24.3 Å². The van der Waals surface area contributed by atoms with Gasteiger partial charge in [0.1, 0.15) is 22.4 Å². The summed E-state index contributed by atoms with van der Waals surface area (Å²) in [6, 6.07) is 14.4. The predicted molar refractivity (Wildman–Crippen MR) is 118 cm³/mol. The minimum absolute atomic E-state index is 0.266. The number of thioether (sulfide) groups is 1. The van der Waals surface area contributed by atoms with Gasteiger partial charge in [0.15, 0.2) is 5.17 Å². The lowest BCUT2D eigenvalue weighted by atomic mass is 10.2. The van der Waals surface area contributed by atoms with Crippen molar-refractivity contribution in [1.29, 1.82) is 0 Å². The SMILES string of the molecule is COC(=O)C(C)SC1=N/C(=C\c2ccc(OC)cc2)C(=O)N1c1cccc(OC)c1. The molecule has 156 valence electrons. The molecule has 7 nitrogen and oxygen atoms in total. The van der Waals surface area contributed by atoms with Gasteiger partial charge >= 0.3 is 5.97 Å². The molecule has 0 aliphatic carbocycles. The van der Waals surface area contributed by atoms with Crippen LogP contribution in [0.25, 0.3) is 6.08 Å². The second-order valence-corrected chi connectivity index (χ2v) is 7.63. The molecule has 1 amide bonds. The molecule has 30 heavy (non-hydrogen) atoms. The molecular weight excluding hydrogens is 404 g/mol. The first kappa shape index (κ1) is 21.4. The first-order valence-corrected chi connectivity index (χ1v) is 10.0. The van der Waals surface area contributed by atoms with Crippen molar-refractivity contribution >= 4 is 40.6 Å². The van der Waals surface area contributed by atoms with Crippen molar-refractivity contribution in [3.63, 3.8) is 0 Å². The fourth-order valence-corrected chi connectivity index (χ4v) is 3.74. The van der Waals surface area contributed by atoms with Crippen LogP contribution in [-0.2, 0) is 14.3 Å². The number of amides is 1. The standard InChI is InChI=1S/C22H22N2O5S/c1-14(21(26)29-4)30-22-23-19(12-15-8-10-17(27-2)11-9-15)20(25)24(22)16-6-5-7-18(13-16)28-3/h5-14H,1-4H3/b19-12-. The Hall–Kier alpha value is -3.26. The van der Waals surface area contributed by atoms with E-state index in [2.05, 4.69) is 4.99 Å². The molecule has 0 spiro atoms. The number of methoxy groups -OCH3 is 3. The number of hydrogen-bond acceptors (Lipinski definition) is 7. The van der Waals surface area contributed by atoms with Crippen molar-refractivity contribution in [1.82, 2.24) is 0 Å². The number of carbonyl (C=O) groups is 2. The Labute approximate surface area is 179 Å². The second-order valence-electron chi connectivity index (χ2n) is 6.32. The Balaban J connectivity index is 1.99. The van der Waals surface area contributed by atoms with E-state index in [1.54, 1.807) is 51.5 Å². The summed E-state index contributed by atoms with van der Waals surface area (Å²) in [5.41, 5.74) is 1.67. The van der Waals surface area contributed by atoms with E-state index in [1.165, 1.54) is 12.0 Å². The minimum Gasteiger partial charge on any atom is -0.497 e. The van der Waals surface area contributed by atoms with Crippen LogP contribution in [0.3, 0.4) is 0 Å². The number of aliphatic imine (C=N–C) groups is 1. The van der Waals surface area contributed by atoms with Gasteiger partial charge in [-0.15, -0.1) is 0 Å². The van der Waals surface area contributed by atoms with Crippen molar-refractivity contribution in [2.75, 3.05) is 26.2 Å². The first-order chi connectivity index (χ1) is 14.5. The molecule has 1 heterocycles. The normalized spacial score (nSPS) is 15.7. The fourth-order valence-electron chi connectivity index (χ4n) is 2.78. The lowest BCUT2D eigenvalue weighted by Gasteiger charge is -2.19. The Morgan fingerprint density at radius 3 is 2.40 bits per heavy atom. The highest BCUT2D eigenvalue weighted by molar-refractivity contribution is 8.15. The molecule has 1 unspecified atom stereocenters. The van der Waals surface area contributed by atoms with Gasteiger partial charge in [0.2, 0.25) is 0 Å². The third kappa shape index (κ3) is 4.65. The zero-order chi connectivity index (χ0) is 21.7. The van der Waals surface area contributed by atoms with Crippen molar-refractivity contribution < 1.29 is 23.8 Å². The quantitative estimate of drug-likeness (QED) is 0.517. The highest BCUT2D eigenvalue weighted by Gasteiger charge is 2.34. The van der Waals surface area contributed by atoms with Crippen molar-refractivity contribution in [3.8, 4) is 11.5 Å². The smallest absolute Gasteiger partial charge is 0.318 e. The average molecular weight is 426 g/mol. The van der Waals surface area contributed by atoms with Crippen molar-refractivity contribution in [2.45, 2.75) is 12.2 Å². The van der Waals surface area contributed by atoms with Crippen LogP contribution in [-0.4, -0.2) is 43.6 Å². The third-order valence-electron chi connectivity index (χ3n) is 4.38. The molecule has 0 radical (unpaired) electrons. The van der Waals surface area contributed by atoms with E-state index in [-0.39, 0.29) is 11.6 Å². The first-order valence-electron chi connectivity index (χ1n) is 9.14. The Morgan fingerprint density at radius 1 is 1.07 bits per heavy atom. The molecular formula is C22H22N2O5S. The fraction of sp³-hybridized carbons (Fsp3) is 0.227. The summed E-state index contributed by atoms with van der Waals surface area (Å²) in [6.07, 6.45) is 1.70. The number of nitrogens with zero attached hydrogens (tertiary/aromatic N) is 2. The van der Waals surface area contributed by atoms with Crippen LogP contribution in [0.4, 0.5) is 5.69 Å². The van der Waals surface area contributed by atoms with Gasteiger partial charge in [-0.1, -0.05) is 30.0 Å². The van der Waals surface area contributed by atoms with Crippen LogP contribution in [0, 0.1) is 0 Å². The van der Waals surface area contributed by atoms with Gasteiger partial charge < -0.3 is 14.2 Å². The molecule has 8 heteroatoms. The van der Waals surface area contributed by atoms with E-state index in [9.17, 15) is 9.59 Å². The highest BCUT2D eigenvalue weighted by Crippen LogP contribution is 2.33. The number of hydrogen-bond donors (Lipinski definition) is 0. The van der Waals surface area contributed by atoms with Gasteiger partial charge in [-0.05, 0) is 42.8 Å². The maximum Gasteiger partial charge on any atom is 0.318 e. The van der Waals surface area contributed by atoms with Crippen LogP contribution in [0.1, 0.15) is 12.5 Å². The zero-order valence-electron chi connectivity index (χ0n) is 17.1. The molecule has 0 fully saturated rings. The highest BCUT2D eigenvalue weighted by atomic mass is 32.2.